The van der Waals surface area contributed by atoms with Crippen molar-refractivity contribution in [3.8, 4) is 0 Å². The average molecular weight is 284 g/mol. The maximum Gasteiger partial charge on any atom is 0.258 e. The Balaban J connectivity index is 1.89. The van der Waals surface area contributed by atoms with Gasteiger partial charge in [0.15, 0.2) is 0 Å². The molecule has 106 valence electrons. The van der Waals surface area contributed by atoms with Gasteiger partial charge in [-0.05, 0) is 24.3 Å². The molecule has 4 nitrogen and oxygen atoms in total. The number of nitrogens with zero attached hydrogens (tertiary/aromatic N) is 1. The van der Waals surface area contributed by atoms with Crippen LogP contribution in [-0.2, 0) is 4.74 Å². The number of rotatable bonds is 3. The first-order valence-corrected chi connectivity index (χ1v) is 6.58. The molecule has 0 spiro atoms. The van der Waals surface area contributed by atoms with Crippen molar-refractivity contribution in [2.24, 2.45) is 4.99 Å². The lowest BCUT2D eigenvalue weighted by molar-refractivity contribution is 0.102. The Morgan fingerprint density at radius 2 is 1.90 bits per heavy atom. The first kappa shape index (κ1) is 13.3. The SMILES string of the molecule is O=C(Nc1ccccc1C1=NCCO1)c1ccccc1F. The Labute approximate surface area is 121 Å². The first-order chi connectivity index (χ1) is 10.3. The molecule has 0 fully saturated rings. The molecular formula is C16H13FN2O2. The molecule has 5 heteroatoms. The van der Waals surface area contributed by atoms with Crippen LogP contribution >= 0.6 is 0 Å². The van der Waals surface area contributed by atoms with E-state index < -0.39 is 11.7 Å². The van der Waals surface area contributed by atoms with Gasteiger partial charge in [-0.3, -0.25) is 4.79 Å². The van der Waals surface area contributed by atoms with E-state index in [2.05, 4.69) is 10.3 Å². The van der Waals surface area contributed by atoms with Gasteiger partial charge in [0, 0.05) is 0 Å². The lowest BCUT2D eigenvalue weighted by atomic mass is 10.1. The van der Waals surface area contributed by atoms with Crippen LogP contribution in [0.5, 0.6) is 0 Å². The number of nitrogens with one attached hydrogen (secondary N) is 1. The zero-order valence-electron chi connectivity index (χ0n) is 11.2. The van der Waals surface area contributed by atoms with Gasteiger partial charge in [-0.15, -0.1) is 0 Å². The summed E-state index contributed by atoms with van der Waals surface area (Å²) in [5, 5.41) is 2.70. The molecule has 3 rings (SSSR count). The molecular weight excluding hydrogens is 271 g/mol. The fourth-order valence-electron chi connectivity index (χ4n) is 2.11. The fourth-order valence-corrected chi connectivity index (χ4v) is 2.11. The number of carbonyl (C=O) groups is 1. The van der Waals surface area contributed by atoms with Crippen LogP contribution in [0.4, 0.5) is 10.1 Å². The number of anilines is 1. The largest absolute Gasteiger partial charge is 0.475 e. The molecule has 1 heterocycles. The van der Waals surface area contributed by atoms with Crippen LogP contribution < -0.4 is 5.32 Å². The number of aliphatic imine (C=N–C) groups is 1. The van der Waals surface area contributed by atoms with Gasteiger partial charge in [-0.2, -0.15) is 0 Å². The average Bonchev–Trinajstić information content (AvgIpc) is 3.02. The van der Waals surface area contributed by atoms with Gasteiger partial charge >= 0.3 is 0 Å². The molecule has 2 aromatic carbocycles. The summed E-state index contributed by atoms with van der Waals surface area (Å²) in [4.78, 5) is 16.4. The summed E-state index contributed by atoms with van der Waals surface area (Å²) >= 11 is 0. The molecule has 0 aromatic heterocycles. The van der Waals surface area contributed by atoms with Gasteiger partial charge in [0.1, 0.15) is 12.4 Å². The van der Waals surface area contributed by atoms with Gasteiger partial charge in [-0.25, -0.2) is 9.38 Å². The molecule has 0 unspecified atom stereocenters. The van der Waals surface area contributed by atoms with E-state index in [0.717, 1.165) is 0 Å². The summed E-state index contributed by atoms with van der Waals surface area (Å²) in [7, 11) is 0. The molecule has 1 aliphatic rings. The lowest BCUT2D eigenvalue weighted by Gasteiger charge is -2.11. The molecule has 21 heavy (non-hydrogen) atoms. The van der Waals surface area contributed by atoms with Crippen LogP contribution in [0.25, 0.3) is 0 Å². The highest BCUT2D eigenvalue weighted by atomic mass is 19.1. The predicted molar refractivity (Wildman–Crippen MR) is 78.2 cm³/mol. The molecule has 0 saturated carbocycles. The maximum absolute atomic E-state index is 13.6. The zero-order chi connectivity index (χ0) is 14.7. The molecule has 0 atom stereocenters. The highest BCUT2D eigenvalue weighted by Gasteiger charge is 2.17. The van der Waals surface area contributed by atoms with E-state index >= 15 is 0 Å². The summed E-state index contributed by atoms with van der Waals surface area (Å²) in [6, 6.07) is 13.0. The number of amides is 1. The second kappa shape index (κ2) is 5.75. The molecule has 1 amide bonds. The van der Waals surface area contributed by atoms with Crippen LogP contribution in [0.3, 0.4) is 0 Å². The van der Waals surface area contributed by atoms with Crippen LogP contribution in [0.1, 0.15) is 15.9 Å². The van der Waals surface area contributed by atoms with Crippen molar-refractivity contribution in [3.63, 3.8) is 0 Å². The Kier molecular flexibility index (Phi) is 3.64. The molecule has 1 aliphatic heterocycles. The number of hydrogen-bond donors (Lipinski definition) is 1. The summed E-state index contributed by atoms with van der Waals surface area (Å²) in [5.74, 6) is -0.555. The Morgan fingerprint density at radius 3 is 2.67 bits per heavy atom. The van der Waals surface area contributed by atoms with E-state index in [1.807, 2.05) is 6.07 Å². The quantitative estimate of drug-likeness (QED) is 0.942. The third-order valence-corrected chi connectivity index (χ3v) is 3.11. The lowest BCUT2D eigenvalue weighted by Crippen LogP contribution is -2.16. The Hall–Kier alpha value is -2.69. The third-order valence-electron chi connectivity index (χ3n) is 3.11. The number of benzene rings is 2. The van der Waals surface area contributed by atoms with Crippen LogP contribution in [0.15, 0.2) is 53.5 Å². The topological polar surface area (TPSA) is 50.7 Å². The standard InChI is InChI=1S/C16H13FN2O2/c17-13-7-3-1-5-11(13)15(20)19-14-8-4-2-6-12(14)16-18-9-10-21-16/h1-8H,9-10H2,(H,19,20). The smallest absolute Gasteiger partial charge is 0.258 e. The highest BCUT2D eigenvalue weighted by Crippen LogP contribution is 2.20. The number of para-hydroxylation sites is 1. The van der Waals surface area contributed by atoms with Crippen molar-refractivity contribution in [3.05, 3.63) is 65.5 Å². The molecule has 0 bridgehead atoms. The van der Waals surface area contributed by atoms with E-state index in [1.54, 1.807) is 30.3 Å². The van der Waals surface area contributed by atoms with Crippen LogP contribution in [0, 0.1) is 5.82 Å². The Bertz CT molecular complexity index is 713. The van der Waals surface area contributed by atoms with Gasteiger partial charge in [0.25, 0.3) is 5.91 Å². The molecule has 0 saturated heterocycles. The van der Waals surface area contributed by atoms with Gasteiger partial charge < -0.3 is 10.1 Å². The van der Waals surface area contributed by atoms with E-state index in [0.29, 0.717) is 30.3 Å². The summed E-state index contributed by atoms with van der Waals surface area (Å²) in [5.41, 5.74) is 1.24. The van der Waals surface area contributed by atoms with E-state index in [9.17, 15) is 9.18 Å². The summed E-state index contributed by atoms with van der Waals surface area (Å²) in [6.07, 6.45) is 0. The van der Waals surface area contributed by atoms with Crippen molar-refractivity contribution in [2.45, 2.75) is 0 Å². The van der Waals surface area contributed by atoms with Crippen molar-refractivity contribution < 1.29 is 13.9 Å². The summed E-state index contributed by atoms with van der Waals surface area (Å²) < 4.78 is 19.1. The van der Waals surface area contributed by atoms with Crippen molar-refractivity contribution >= 4 is 17.5 Å². The van der Waals surface area contributed by atoms with Gasteiger partial charge in [-0.1, -0.05) is 24.3 Å². The van der Waals surface area contributed by atoms with Crippen LogP contribution in [0.2, 0.25) is 0 Å². The third kappa shape index (κ3) is 2.76. The minimum atomic E-state index is -0.554. The van der Waals surface area contributed by atoms with E-state index in [1.165, 1.54) is 12.1 Å². The second-order valence-electron chi connectivity index (χ2n) is 4.51. The zero-order valence-corrected chi connectivity index (χ0v) is 11.2. The molecule has 2 aromatic rings. The monoisotopic (exact) mass is 284 g/mol. The minimum absolute atomic E-state index is 0.00146. The molecule has 1 N–H and O–H groups in total. The van der Waals surface area contributed by atoms with Crippen LogP contribution in [-0.4, -0.2) is 25.0 Å². The predicted octanol–water partition coefficient (Wildman–Crippen LogP) is 2.85. The number of ether oxygens (including phenoxy) is 1. The summed E-state index contributed by atoms with van der Waals surface area (Å²) in [6.45, 7) is 1.13. The minimum Gasteiger partial charge on any atom is -0.475 e. The van der Waals surface area contributed by atoms with Crippen molar-refractivity contribution in [1.29, 1.82) is 0 Å². The molecule has 0 aliphatic carbocycles. The van der Waals surface area contributed by atoms with Crippen molar-refractivity contribution in [2.75, 3.05) is 18.5 Å². The molecule has 0 radical (unpaired) electrons. The van der Waals surface area contributed by atoms with Gasteiger partial charge in [0.2, 0.25) is 5.90 Å². The number of hydrogen-bond acceptors (Lipinski definition) is 3. The number of carbonyl (C=O) groups excluding carboxylic acids is 1. The fraction of sp³-hybridized carbons (Fsp3) is 0.125. The highest BCUT2D eigenvalue weighted by molar-refractivity contribution is 6.09. The van der Waals surface area contributed by atoms with Gasteiger partial charge in [0.05, 0.1) is 23.4 Å². The Morgan fingerprint density at radius 1 is 1.14 bits per heavy atom. The van der Waals surface area contributed by atoms with E-state index in [4.69, 9.17) is 4.74 Å². The first-order valence-electron chi connectivity index (χ1n) is 6.58. The normalized spacial score (nSPS) is 13.5. The number of halogens is 1. The van der Waals surface area contributed by atoms with E-state index in [-0.39, 0.29) is 5.56 Å². The second-order valence-corrected chi connectivity index (χ2v) is 4.51. The van der Waals surface area contributed by atoms with Crippen molar-refractivity contribution in [1.82, 2.24) is 0 Å². The maximum atomic E-state index is 13.6.